The number of carbonyl (C=O) groups is 2. The molecular weight excluding hydrogens is 361 g/mol. The van der Waals surface area contributed by atoms with E-state index in [2.05, 4.69) is 5.32 Å². The van der Waals surface area contributed by atoms with Crippen LogP contribution in [0.2, 0.25) is 5.02 Å². The average molecular weight is 380 g/mol. The van der Waals surface area contributed by atoms with Crippen LogP contribution >= 0.6 is 11.6 Å². The number of hydrogen-bond donors (Lipinski definition) is 1. The maximum absolute atomic E-state index is 13.4. The Bertz CT molecular complexity index is 810. The summed E-state index contributed by atoms with van der Waals surface area (Å²) in [6, 6.07) is 9.71. The van der Waals surface area contributed by atoms with Crippen molar-refractivity contribution >= 4 is 23.5 Å². The van der Waals surface area contributed by atoms with Gasteiger partial charge in [0.05, 0.1) is 0 Å². The van der Waals surface area contributed by atoms with Crippen molar-refractivity contribution in [1.82, 2.24) is 5.32 Å². The lowest BCUT2D eigenvalue weighted by Gasteiger charge is -2.10. The lowest BCUT2D eigenvalue weighted by atomic mass is 10.1. The number of benzene rings is 2. The molecule has 1 N–H and O–H groups in total. The average Bonchev–Trinajstić information content (AvgIpc) is 2.60. The molecule has 0 spiro atoms. The molecule has 2 rings (SSSR count). The maximum Gasteiger partial charge on any atom is 0.344 e. The fourth-order valence-corrected chi connectivity index (χ4v) is 2.32. The van der Waals surface area contributed by atoms with Gasteiger partial charge in [0.25, 0.3) is 5.91 Å². The molecule has 26 heavy (non-hydrogen) atoms. The van der Waals surface area contributed by atoms with Crippen LogP contribution in [-0.4, -0.2) is 25.1 Å². The molecule has 0 unspecified atom stereocenters. The van der Waals surface area contributed by atoms with Gasteiger partial charge in [-0.1, -0.05) is 23.7 Å². The molecule has 5 nitrogen and oxygen atoms in total. The lowest BCUT2D eigenvalue weighted by molar-refractivity contribution is -0.150. The Kier molecular flexibility index (Phi) is 6.97. The molecule has 0 atom stereocenters. The van der Waals surface area contributed by atoms with Crippen LogP contribution in [0.5, 0.6) is 5.75 Å². The molecule has 0 saturated carbocycles. The van der Waals surface area contributed by atoms with Gasteiger partial charge in [-0.2, -0.15) is 0 Å². The van der Waals surface area contributed by atoms with Crippen molar-refractivity contribution in [3.63, 3.8) is 0 Å². The highest BCUT2D eigenvalue weighted by atomic mass is 35.5. The van der Waals surface area contributed by atoms with Gasteiger partial charge in [0.1, 0.15) is 11.6 Å². The summed E-state index contributed by atoms with van der Waals surface area (Å²) in [5.41, 5.74) is 1.94. The number of amides is 1. The topological polar surface area (TPSA) is 64.6 Å². The van der Waals surface area contributed by atoms with Crippen LogP contribution in [-0.2, 0) is 20.9 Å². The molecule has 138 valence electrons. The van der Waals surface area contributed by atoms with Crippen LogP contribution in [0.4, 0.5) is 4.39 Å². The third-order valence-corrected chi connectivity index (χ3v) is 3.81. The zero-order valence-corrected chi connectivity index (χ0v) is 15.2. The first-order chi connectivity index (χ1) is 12.3. The van der Waals surface area contributed by atoms with Crippen LogP contribution in [0.15, 0.2) is 36.4 Å². The van der Waals surface area contributed by atoms with Crippen LogP contribution in [0.1, 0.15) is 16.7 Å². The highest BCUT2D eigenvalue weighted by Gasteiger charge is 2.10. The second kappa shape index (κ2) is 9.20. The number of hydrogen-bond acceptors (Lipinski definition) is 4. The van der Waals surface area contributed by atoms with Crippen LogP contribution in [0, 0.1) is 19.7 Å². The van der Waals surface area contributed by atoms with E-state index in [1.165, 1.54) is 6.07 Å². The van der Waals surface area contributed by atoms with Crippen molar-refractivity contribution in [3.8, 4) is 5.75 Å². The third kappa shape index (κ3) is 6.04. The SMILES string of the molecule is Cc1ccc(CNC(=O)COC(=O)COc2ccc(Cl)cc2C)cc1F. The first-order valence-electron chi connectivity index (χ1n) is 7.91. The van der Waals surface area contributed by atoms with E-state index in [0.717, 1.165) is 5.56 Å². The Balaban J connectivity index is 1.71. The minimum Gasteiger partial charge on any atom is -0.482 e. The number of halogens is 2. The first-order valence-corrected chi connectivity index (χ1v) is 8.29. The standard InChI is InChI=1S/C19H19ClFNO4/c1-12-3-4-14(8-16(12)21)9-22-18(23)10-26-19(24)11-25-17-6-5-15(20)7-13(17)2/h3-8H,9-11H2,1-2H3,(H,22,23). The predicted octanol–water partition coefficient (Wildman–Crippen LogP) is 3.33. The molecule has 0 bridgehead atoms. The molecule has 0 aliphatic heterocycles. The highest BCUT2D eigenvalue weighted by molar-refractivity contribution is 6.30. The van der Waals surface area contributed by atoms with E-state index in [1.807, 2.05) is 0 Å². The summed E-state index contributed by atoms with van der Waals surface area (Å²) in [6.45, 7) is 2.85. The second-order valence-electron chi connectivity index (χ2n) is 5.72. The Hall–Kier alpha value is -2.60. The predicted molar refractivity (Wildman–Crippen MR) is 95.6 cm³/mol. The molecule has 0 saturated heterocycles. The maximum atomic E-state index is 13.4. The number of ether oxygens (including phenoxy) is 2. The number of aryl methyl sites for hydroxylation is 2. The molecule has 2 aromatic rings. The van der Waals surface area contributed by atoms with Gasteiger partial charge in [-0.05, 0) is 54.8 Å². The summed E-state index contributed by atoms with van der Waals surface area (Å²) >= 11 is 5.84. The minimum absolute atomic E-state index is 0.147. The number of nitrogens with one attached hydrogen (secondary N) is 1. The smallest absolute Gasteiger partial charge is 0.344 e. The van der Waals surface area contributed by atoms with Gasteiger partial charge in [0, 0.05) is 11.6 Å². The summed E-state index contributed by atoms with van der Waals surface area (Å²) in [4.78, 5) is 23.4. The normalized spacial score (nSPS) is 10.3. The van der Waals surface area contributed by atoms with Gasteiger partial charge in [-0.3, -0.25) is 4.79 Å². The number of carbonyl (C=O) groups excluding carboxylic acids is 2. The zero-order chi connectivity index (χ0) is 19.1. The quantitative estimate of drug-likeness (QED) is 0.749. The summed E-state index contributed by atoms with van der Waals surface area (Å²) < 4.78 is 23.6. The van der Waals surface area contributed by atoms with Crippen molar-refractivity contribution in [3.05, 3.63) is 63.9 Å². The monoisotopic (exact) mass is 379 g/mol. The molecule has 0 heterocycles. The van der Waals surface area contributed by atoms with Crippen LogP contribution in [0.3, 0.4) is 0 Å². The number of rotatable bonds is 7. The van der Waals surface area contributed by atoms with Gasteiger partial charge in [0.15, 0.2) is 13.2 Å². The summed E-state index contributed by atoms with van der Waals surface area (Å²) in [7, 11) is 0. The summed E-state index contributed by atoms with van der Waals surface area (Å²) in [5.74, 6) is -0.979. The van der Waals surface area contributed by atoms with E-state index in [1.54, 1.807) is 44.2 Å². The van der Waals surface area contributed by atoms with E-state index >= 15 is 0 Å². The largest absolute Gasteiger partial charge is 0.482 e. The first kappa shape index (κ1) is 19.7. The molecule has 0 radical (unpaired) electrons. The van der Waals surface area contributed by atoms with Crippen LogP contribution in [0.25, 0.3) is 0 Å². The molecular formula is C19H19ClFNO4. The van der Waals surface area contributed by atoms with Crippen molar-refractivity contribution in [2.24, 2.45) is 0 Å². The number of esters is 1. The van der Waals surface area contributed by atoms with Crippen molar-refractivity contribution in [2.75, 3.05) is 13.2 Å². The van der Waals surface area contributed by atoms with Gasteiger partial charge >= 0.3 is 5.97 Å². The van der Waals surface area contributed by atoms with Gasteiger partial charge in [-0.15, -0.1) is 0 Å². The van der Waals surface area contributed by atoms with Gasteiger partial charge < -0.3 is 14.8 Å². The Morgan fingerprint density at radius 2 is 1.85 bits per heavy atom. The summed E-state index contributed by atoms with van der Waals surface area (Å²) in [5, 5.41) is 3.12. The Morgan fingerprint density at radius 1 is 1.08 bits per heavy atom. The minimum atomic E-state index is -0.670. The van der Waals surface area contributed by atoms with E-state index in [4.69, 9.17) is 21.1 Å². The molecule has 0 aliphatic rings. The van der Waals surface area contributed by atoms with Gasteiger partial charge in [-0.25, -0.2) is 9.18 Å². The van der Waals surface area contributed by atoms with E-state index < -0.39 is 18.5 Å². The van der Waals surface area contributed by atoms with E-state index in [-0.39, 0.29) is 19.0 Å². The Morgan fingerprint density at radius 3 is 2.54 bits per heavy atom. The van der Waals surface area contributed by atoms with Crippen LogP contribution < -0.4 is 10.1 Å². The second-order valence-corrected chi connectivity index (χ2v) is 6.16. The van der Waals surface area contributed by atoms with E-state index in [9.17, 15) is 14.0 Å². The molecule has 7 heteroatoms. The fraction of sp³-hybridized carbons (Fsp3) is 0.263. The molecule has 0 aromatic heterocycles. The van der Waals surface area contributed by atoms with Crippen molar-refractivity contribution in [1.29, 1.82) is 0 Å². The highest BCUT2D eigenvalue weighted by Crippen LogP contribution is 2.21. The fourth-order valence-electron chi connectivity index (χ4n) is 2.10. The third-order valence-electron chi connectivity index (χ3n) is 3.57. The summed E-state index contributed by atoms with van der Waals surface area (Å²) in [6.07, 6.45) is 0. The molecule has 0 fully saturated rings. The molecule has 0 aliphatic carbocycles. The molecule has 2 aromatic carbocycles. The van der Waals surface area contributed by atoms with Crippen molar-refractivity contribution in [2.45, 2.75) is 20.4 Å². The lowest BCUT2D eigenvalue weighted by Crippen LogP contribution is -2.29. The van der Waals surface area contributed by atoms with E-state index in [0.29, 0.717) is 21.9 Å². The van der Waals surface area contributed by atoms with Crippen molar-refractivity contribution < 1.29 is 23.5 Å². The molecule has 1 amide bonds. The van der Waals surface area contributed by atoms with Gasteiger partial charge in [0.2, 0.25) is 0 Å². The zero-order valence-electron chi connectivity index (χ0n) is 14.5. The Labute approximate surface area is 156 Å².